The summed E-state index contributed by atoms with van der Waals surface area (Å²) in [7, 11) is -3.50. The molecule has 5 heteroatoms. The van der Waals surface area contributed by atoms with Crippen molar-refractivity contribution >= 4 is 10.0 Å². The molecule has 0 saturated carbocycles. The van der Waals surface area contributed by atoms with Gasteiger partial charge in [-0.3, -0.25) is 0 Å². The molecule has 130 valence electrons. The molecule has 1 aromatic carbocycles. The molecule has 1 aliphatic heterocycles. The van der Waals surface area contributed by atoms with Crippen LogP contribution in [0, 0.1) is 0 Å². The van der Waals surface area contributed by atoms with Crippen molar-refractivity contribution in [2.24, 2.45) is 0 Å². The molecule has 1 fully saturated rings. The van der Waals surface area contributed by atoms with Gasteiger partial charge in [-0.05, 0) is 42.4 Å². The van der Waals surface area contributed by atoms with Gasteiger partial charge >= 0.3 is 0 Å². The van der Waals surface area contributed by atoms with Crippen molar-refractivity contribution in [3.8, 4) is 5.75 Å². The summed E-state index contributed by atoms with van der Waals surface area (Å²) in [6.45, 7) is 10.0. The van der Waals surface area contributed by atoms with Crippen LogP contribution in [0.3, 0.4) is 0 Å². The molecule has 0 unspecified atom stereocenters. The third kappa shape index (κ3) is 4.27. The minimum absolute atomic E-state index is 0.102. The van der Waals surface area contributed by atoms with E-state index in [2.05, 4.69) is 20.8 Å². The lowest BCUT2D eigenvalue weighted by Crippen LogP contribution is -2.36. The first-order chi connectivity index (χ1) is 10.8. The minimum Gasteiger partial charge on any atom is -0.492 e. The fourth-order valence-corrected chi connectivity index (χ4v) is 4.43. The fraction of sp³-hybridized carbons (Fsp3) is 0.667. The van der Waals surface area contributed by atoms with Crippen LogP contribution in [-0.4, -0.2) is 32.4 Å². The highest BCUT2D eigenvalue weighted by atomic mass is 32.2. The van der Waals surface area contributed by atoms with Crippen LogP contribution in [-0.2, 0) is 15.4 Å². The zero-order valence-electron chi connectivity index (χ0n) is 14.8. The molecular weight excluding hydrogens is 310 g/mol. The van der Waals surface area contributed by atoms with Crippen LogP contribution < -0.4 is 4.74 Å². The number of piperidine rings is 1. The van der Waals surface area contributed by atoms with E-state index in [-0.39, 0.29) is 5.41 Å². The van der Waals surface area contributed by atoms with E-state index in [0.717, 1.165) is 31.2 Å². The molecule has 1 aromatic rings. The average Bonchev–Trinajstić information content (AvgIpc) is 2.52. The standard InChI is InChI=1S/C18H29NO3S/c1-5-13-22-16-10-9-15(18(2,3)4)14-17(16)23(20,21)19-11-7-6-8-12-19/h9-10,14H,5-8,11-13H2,1-4H3. The van der Waals surface area contributed by atoms with E-state index in [9.17, 15) is 8.42 Å². The van der Waals surface area contributed by atoms with E-state index < -0.39 is 10.0 Å². The van der Waals surface area contributed by atoms with Gasteiger partial charge in [0, 0.05) is 13.1 Å². The maximum Gasteiger partial charge on any atom is 0.246 e. The quantitative estimate of drug-likeness (QED) is 0.816. The van der Waals surface area contributed by atoms with Crippen LogP contribution in [0.4, 0.5) is 0 Å². The number of sulfonamides is 1. The highest BCUT2D eigenvalue weighted by Crippen LogP contribution is 2.33. The summed E-state index contributed by atoms with van der Waals surface area (Å²) in [4.78, 5) is 0.320. The Balaban J connectivity index is 2.47. The van der Waals surface area contributed by atoms with Crippen molar-refractivity contribution in [2.75, 3.05) is 19.7 Å². The number of hydrogen-bond acceptors (Lipinski definition) is 3. The van der Waals surface area contributed by atoms with Gasteiger partial charge in [0.25, 0.3) is 0 Å². The molecule has 0 aromatic heterocycles. The smallest absolute Gasteiger partial charge is 0.246 e. The highest BCUT2D eigenvalue weighted by molar-refractivity contribution is 7.89. The Kier molecular flexibility index (Phi) is 5.74. The predicted molar refractivity (Wildman–Crippen MR) is 93.5 cm³/mol. The molecule has 2 rings (SSSR count). The second-order valence-electron chi connectivity index (χ2n) is 7.22. The first-order valence-corrected chi connectivity index (χ1v) is 9.98. The fourth-order valence-electron chi connectivity index (χ4n) is 2.75. The van der Waals surface area contributed by atoms with Crippen molar-refractivity contribution in [3.63, 3.8) is 0 Å². The van der Waals surface area contributed by atoms with Gasteiger partial charge in [0.05, 0.1) is 6.61 Å². The molecule has 23 heavy (non-hydrogen) atoms. The third-order valence-electron chi connectivity index (χ3n) is 4.20. The van der Waals surface area contributed by atoms with Gasteiger partial charge in [-0.2, -0.15) is 4.31 Å². The molecule has 0 spiro atoms. The zero-order valence-corrected chi connectivity index (χ0v) is 15.6. The van der Waals surface area contributed by atoms with E-state index in [1.807, 2.05) is 19.1 Å². The molecule has 1 aliphatic rings. The second kappa shape index (κ2) is 7.22. The maximum absolute atomic E-state index is 13.1. The molecule has 0 atom stereocenters. The summed E-state index contributed by atoms with van der Waals surface area (Å²) in [5, 5.41) is 0. The summed E-state index contributed by atoms with van der Waals surface area (Å²) < 4.78 is 33.5. The summed E-state index contributed by atoms with van der Waals surface area (Å²) >= 11 is 0. The molecule has 0 N–H and O–H groups in total. The summed E-state index contributed by atoms with van der Waals surface area (Å²) in [6, 6.07) is 5.59. The number of nitrogens with zero attached hydrogens (tertiary/aromatic N) is 1. The molecule has 0 radical (unpaired) electrons. The average molecular weight is 340 g/mol. The third-order valence-corrected chi connectivity index (χ3v) is 6.12. The number of rotatable bonds is 5. The Hall–Kier alpha value is -1.07. The summed E-state index contributed by atoms with van der Waals surface area (Å²) in [5.41, 5.74) is 0.909. The zero-order chi connectivity index (χ0) is 17.1. The SMILES string of the molecule is CCCOc1ccc(C(C)(C)C)cc1S(=O)(=O)N1CCCCC1. The minimum atomic E-state index is -3.50. The van der Waals surface area contributed by atoms with Crippen molar-refractivity contribution in [1.29, 1.82) is 0 Å². The van der Waals surface area contributed by atoms with Gasteiger partial charge < -0.3 is 4.74 Å². The Morgan fingerprint density at radius 3 is 2.35 bits per heavy atom. The van der Waals surface area contributed by atoms with Crippen LogP contribution in [0.15, 0.2) is 23.1 Å². The lowest BCUT2D eigenvalue weighted by Gasteiger charge is -2.28. The van der Waals surface area contributed by atoms with Gasteiger partial charge in [0.1, 0.15) is 10.6 Å². The first kappa shape index (κ1) is 18.3. The molecule has 0 bridgehead atoms. The normalized spacial score (nSPS) is 17.2. The van der Waals surface area contributed by atoms with Crippen molar-refractivity contribution < 1.29 is 13.2 Å². The van der Waals surface area contributed by atoms with Gasteiger partial charge in [0.2, 0.25) is 10.0 Å². The Morgan fingerprint density at radius 1 is 1.13 bits per heavy atom. The van der Waals surface area contributed by atoms with Crippen LogP contribution in [0.5, 0.6) is 5.75 Å². The Labute approximate surface area is 140 Å². The second-order valence-corrected chi connectivity index (χ2v) is 9.13. The lowest BCUT2D eigenvalue weighted by molar-refractivity contribution is 0.304. The van der Waals surface area contributed by atoms with Gasteiger partial charge in [0.15, 0.2) is 0 Å². The largest absolute Gasteiger partial charge is 0.492 e. The summed E-state index contributed by atoms with van der Waals surface area (Å²) in [6.07, 6.45) is 3.82. The first-order valence-electron chi connectivity index (χ1n) is 8.54. The maximum atomic E-state index is 13.1. The highest BCUT2D eigenvalue weighted by Gasteiger charge is 2.30. The van der Waals surface area contributed by atoms with E-state index >= 15 is 0 Å². The predicted octanol–water partition coefficient (Wildman–Crippen LogP) is 3.95. The lowest BCUT2D eigenvalue weighted by atomic mass is 9.87. The van der Waals surface area contributed by atoms with Crippen LogP contribution >= 0.6 is 0 Å². The molecule has 0 aliphatic carbocycles. The van der Waals surface area contributed by atoms with E-state index in [4.69, 9.17) is 4.74 Å². The number of benzene rings is 1. The van der Waals surface area contributed by atoms with Crippen LogP contribution in [0.1, 0.15) is 58.9 Å². The molecule has 1 heterocycles. The summed E-state index contributed by atoms with van der Waals surface area (Å²) in [5.74, 6) is 0.477. The number of ether oxygens (including phenoxy) is 1. The molecule has 1 saturated heterocycles. The van der Waals surface area contributed by atoms with Gasteiger partial charge in [-0.1, -0.05) is 40.2 Å². The van der Waals surface area contributed by atoms with E-state index in [1.165, 1.54) is 0 Å². The van der Waals surface area contributed by atoms with Crippen molar-refractivity contribution in [2.45, 2.75) is 63.7 Å². The Morgan fingerprint density at radius 2 is 1.78 bits per heavy atom. The van der Waals surface area contributed by atoms with Crippen LogP contribution in [0.25, 0.3) is 0 Å². The van der Waals surface area contributed by atoms with E-state index in [1.54, 1.807) is 10.4 Å². The van der Waals surface area contributed by atoms with Crippen molar-refractivity contribution in [1.82, 2.24) is 4.31 Å². The monoisotopic (exact) mass is 339 g/mol. The van der Waals surface area contributed by atoms with Crippen LogP contribution in [0.2, 0.25) is 0 Å². The van der Waals surface area contributed by atoms with Gasteiger partial charge in [-0.15, -0.1) is 0 Å². The molecule has 4 nitrogen and oxygen atoms in total. The topological polar surface area (TPSA) is 46.6 Å². The Bertz CT molecular complexity index is 626. The van der Waals surface area contributed by atoms with Crippen molar-refractivity contribution in [3.05, 3.63) is 23.8 Å². The van der Waals surface area contributed by atoms with E-state index in [0.29, 0.717) is 30.3 Å². The molecule has 0 amide bonds. The number of hydrogen-bond donors (Lipinski definition) is 0. The van der Waals surface area contributed by atoms with Gasteiger partial charge in [-0.25, -0.2) is 8.42 Å². The molecular formula is C18H29NO3S.